The van der Waals surface area contributed by atoms with Crippen molar-refractivity contribution >= 4 is 39.2 Å². The molecule has 142 valence electrons. The van der Waals surface area contributed by atoms with E-state index >= 15 is 0 Å². The molecule has 26 heavy (non-hydrogen) atoms. The van der Waals surface area contributed by atoms with Crippen LogP contribution in [0.3, 0.4) is 0 Å². The Labute approximate surface area is 156 Å². The lowest BCUT2D eigenvalue weighted by Gasteiger charge is -2.29. The third kappa shape index (κ3) is 2.92. The van der Waals surface area contributed by atoms with Crippen LogP contribution in [0.5, 0.6) is 0 Å². The average Bonchev–Trinajstić information content (AvgIpc) is 3.25. The second-order valence-electron chi connectivity index (χ2n) is 7.43. The van der Waals surface area contributed by atoms with Gasteiger partial charge in [0.15, 0.2) is 9.84 Å². The van der Waals surface area contributed by atoms with Crippen molar-refractivity contribution in [1.29, 1.82) is 0 Å². The molecule has 2 amide bonds. The van der Waals surface area contributed by atoms with E-state index in [0.717, 1.165) is 6.42 Å². The minimum absolute atomic E-state index is 0.0178. The summed E-state index contributed by atoms with van der Waals surface area (Å²) >= 11 is 1.64. The molecule has 1 aromatic heterocycles. The molecule has 10 heteroatoms. The number of aryl methyl sites for hydroxylation is 1. The Bertz CT molecular complexity index is 881. The summed E-state index contributed by atoms with van der Waals surface area (Å²) in [5.74, 6) is 1.03. The Kier molecular flexibility index (Phi) is 4.11. The molecule has 3 atom stereocenters. The third-order valence-electron chi connectivity index (χ3n) is 5.41. The zero-order valence-corrected chi connectivity index (χ0v) is 16.4. The van der Waals surface area contributed by atoms with Crippen molar-refractivity contribution in [2.75, 3.05) is 22.6 Å². The Hall–Kier alpha value is -1.55. The van der Waals surface area contributed by atoms with Gasteiger partial charge in [-0.2, -0.15) is 5.10 Å². The number of aromatic nitrogens is 2. The van der Waals surface area contributed by atoms with Crippen molar-refractivity contribution in [3.05, 3.63) is 11.8 Å². The first-order valence-corrected chi connectivity index (χ1v) is 11.5. The molecule has 0 bridgehead atoms. The summed E-state index contributed by atoms with van der Waals surface area (Å²) in [7, 11) is -3.05. The lowest BCUT2D eigenvalue weighted by Crippen LogP contribution is -2.48. The third-order valence-corrected chi connectivity index (χ3v) is 8.67. The Morgan fingerprint density at radius 3 is 2.92 bits per heavy atom. The molecule has 3 aliphatic heterocycles. The summed E-state index contributed by atoms with van der Waals surface area (Å²) in [6.07, 6.45) is 1.73. The first-order valence-electron chi connectivity index (χ1n) is 8.72. The standard InChI is InChI=1S/C16H22N4O4S2/c1-10-7-13(20(18-10)11-4-6-26(23,24)9-11)17-15(22)12-8-25-16(2)5-3-14(21)19(12)16/h7,11-12H,3-6,8-9H2,1-2H3,(H,17,22)/t11-,12+,16-/m1/s1. The molecule has 4 rings (SSSR count). The molecule has 0 spiro atoms. The largest absolute Gasteiger partial charge is 0.315 e. The van der Waals surface area contributed by atoms with Crippen molar-refractivity contribution in [3.8, 4) is 0 Å². The van der Waals surface area contributed by atoms with Crippen LogP contribution in [-0.4, -0.2) is 63.1 Å². The molecule has 1 N–H and O–H groups in total. The monoisotopic (exact) mass is 398 g/mol. The Morgan fingerprint density at radius 2 is 2.23 bits per heavy atom. The first kappa shape index (κ1) is 17.8. The molecule has 0 aliphatic carbocycles. The van der Waals surface area contributed by atoms with E-state index in [-0.39, 0.29) is 34.2 Å². The molecule has 0 radical (unpaired) electrons. The van der Waals surface area contributed by atoms with E-state index < -0.39 is 15.9 Å². The van der Waals surface area contributed by atoms with Gasteiger partial charge in [-0.05, 0) is 26.7 Å². The number of carbonyl (C=O) groups is 2. The van der Waals surface area contributed by atoms with Crippen LogP contribution in [0.4, 0.5) is 5.82 Å². The summed E-state index contributed by atoms with van der Waals surface area (Å²) in [5, 5.41) is 7.27. The molecule has 3 saturated heterocycles. The maximum atomic E-state index is 12.9. The van der Waals surface area contributed by atoms with Crippen molar-refractivity contribution in [2.24, 2.45) is 0 Å². The van der Waals surface area contributed by atoms with Crippen molar-refractivity contribution in [3.63, 3.8) is 0 Å². The topological polar surface area (TPSA) is 101 Å². The smallest absolute Gasteiger partial charge is 0.249 e. The number of rotatable bonds is 3. The fraction of sp³-hybridized carbons (Fsp3) is 0.688. The highest BCUT2D eigenvalue weighted by Crippen LogP contribution is 2.47. The number of hydrogen-bond donors (Lipinski definition) is 1. The number of anilines is 1. The van der Waals surface area contributed by atoms with Crippen LogP contribution in [-0.2, 0) is 19.4 Å². The van der Waals surface area contributed by atoms with E-state index in [1.807, 2.05) is 13.8 Å². The van der Waals surface area contributed by atoms with Crippen LogP contribution in [0, 0.1) is 6.92 Å². The minimum atomic E-state index is -3.05. The van der Waals surface area contributed by atoms with Gasteiger partial charge in [0.1, 0.15) is 11.9 Å². The second kappa shape index (κ2) is 5.98. The number of nitrogens with one attached hydrogen (secondary N) is 1. The zero-order chi connectivity index (χ0) is 18.7. The fourth-order valence-corrected chi connectivity index (χ4v) is 7.20. The molecule has 0 saturated carbocycles. The lowest BCUT2D eigenvalue weighted by molar-refractivity contribution is -0.135. The number of fused-ring (bicyclic) bond motifs is 1. The van der Waals surface area contributed by atoms with Crippen LogP contribution in [0.1, 0.15) is 37.9 Å². The van der Waals surface area contributed by atoms with Crippen LogP contribution < -0.4 is 5.32 Å². The van der Waals surface area contributed by atoms with Crippen molar-refractivity contribution in [1.82, 2.24) is 14.7 Å². The highest BCUT2D eigenvalue weighted by atomic mass is 32.2. The minimum Gasteiger partial charge on any atom is -0.315 e. The van der Waals surface area contributed by atoms with Crippen LogP contribution in [0.2, 0.25) is 0 Å². The SMILES string of the molecule is Cc1cc(NC(=O)[C@@H]2CS[C@]3(C)CCC(=O)N23)n([C@@H]2CCS(=O)(=O)C2)n1. The number of nitrogens with zero attached hydrogens (tertiary/aromatic N) is 3. The van der Waals surface area contributed by atoms with Gasteiger partial charge >= 0.3 is 0 Å². The molecule has 0 aromatic carbocycles. The van der Waals surface area contributed by atoms with Crippen LogP contribution in [0.25, 0.3) is 0 Å². The highest BCUT2D eigenvalue weighted by molar-refractivity contribution is 8.01. The number of sulfone groups is 1. The van der Waals surface area contributed by atoms with Gasteiger partial charge < -0.3 is 10.2 Å². The summed E-state index contributed by atoms with van der Waals surface area (Å²) in [6.45, 7) is 3.82. The number of hydrogen-bond acceptors (Lipinski definition) is 6. The number of carbonyl (C=O) groups excluding carboxylic acids is 2. The summed E-state index contributed by atoms with van der Waals surface area (Å²) in [5.41, 5.74) is 0.715. The maximum Gasteiger partial charge on any atom is 0.249 e. The normalized spacial score (nSPS) is 32.8. The predicted molar refractivity (Wildman–Crippen MR) is 98.6 cm³/mol. The predicted octanol–water partition coefficient (Wildman–Crippen LogP) is 0.944. The molecule has 0 unspecified atom stereocenters. The Balaban J connectivity index is 1.55. The van der Waals surface area contributed by atoms with Gasteiger partial charge in [-0.25, -0.2) is 13.1 Å². The van der Waals surface area contributed by atoms with E-state index in [0.29, 0.717) is 30.1 Å². The summed E-state index contributed by atoms with van der Waals surface area (Å²) in [6, 6.07) is 0.979. The van der Waals surface area contributed by atoms with E-state index in [1.165, 1.54) is 0 Å². The van der Waals surface area contributed by atoms with E-state index in [1.54, 1.807) is 27.4 Å². The number of thioether (sulfide) groups is 1. The molecule has 1 aromatic rings. The van der Waals surface area contributed by atoms with Gasteiger partial charge in [-0.1, -0.05) is 0 Å². The fourth-order valence-electron chi connectivity index (χ4n) is 4.08. The molecule has 3 aliphatic rings. The second-order valence-corrected chi connectivity index (χ2v) is 11.2. The maximum absolute atomic E-state index is 12.9. The van der Waals surface area contributed by atoms with Gasteiger partial charge in [0.05, 0.1) is 28.1 Å². The summed E-state index contributed by atoms with van der Waals surface area (Å²) in [4.78, 5) is 26.5. The van der Waals surface area contributed by atoms with Gasteiger partial charge in [0.25, 0.3) is 0 Å². The lowest BCUT2D eigenvalue weighted by atomic mass is 10.2. The first-order chi connectivity index (χ1) is 12.2. The molecule has 3 fully saturated rings. The molecular formula is C16H22N4O4S2. The van der Waals surface area contributed by atoms with Crippen LogP contribution >= 0.6 is 11.8 Å². The van der Waals surface area contributed by atoms with Gasteiger partial charge in [0.2, 0.25) is 11.8 Å². The van der Waals surface area contributed by atoms with E-state index in [9.17, 15) is 18.0 Å². The number of amides is 2. The highest BCUT2D eigenvalue weighted by Gasteiger charge is 2.53. The van der Waals surface area contributed by atoms with Crippen molar-refractivity contribution in [2.45, 2.75) is 50.1 Å². The van der Waals surface area contributed by atoms with E-state index in [2.05, 4.69) is 10.4 Å². The molecular weight excluding hydrogens is 376 g/mol. The molecule has 8 nitrogen and oxygen atoms in total. The summed E-state index contributed by atoms with van der Waals surface area (Å²) < 4.78 is 25.2. The van der Waals surface area contributed by atoms with Gasteiger partial charge in [-0.3, -0.25) is 9.59 Å². The van der Waals surface area contributed by atoms with Crippen LogP contribution in [0.15, 0.2) is 6.07 Å². The van der Waals surface area contributed by atoms with Gasteiger partial charge in [0, 0.05) is 18.2 Å². The average molecular weight is 399 g/mol. The quantitative estimate of drug-likeness (QED) is 0.813. The Morgan fingerprint density at radius 1 is 1.46 bits per heavy atom. The van der Waals surface area contributed by atoms with Gasteiger partial charge in [-0.15, -0.1) is 11.8 Å². The van der Waals surface area contributed by atoms with Crippen molar-refractivity contribution < 1.29 is 18.0 Å². The molecule has 4 heterocycles. The zero-order valence-electron chi connectivity index (χ0n) is 14.8. The van der Waals surface area contributed by atoms with E-state index in [4.69, 9.17) is 0 Å².